The molecule has 0 unspecified atom stereocenters. The zero-order valence-electron chi connectivity index (χ0n) is 21.8. The molecule has 0 fully saturated rings. The molecular formula is C28H38O6Si. The van der Waals surface area contributed by atoms with Crippen LogP contribution in [0.15, 0.2) is 72.8 Å². The summed E-state index contributed by atoms with van der Waals surface area (Å²) in [6.07, 6.45) is 1.55. The first kappa shape index (κ1) is 28.5. The van der Waals surface area contributed by atoms with Crippen LogP contribution in [0.1, 0.15) is 48.5 Å². The van der Waals surface area contributed by atoms with Crippen molar-refractivity contribution in [1.29, 1.82) is 0 Å². The van der Waals surface area contributed by atoms with Gasteiger partial charge in [-0.15, -0.1) is 0 Å². The molecule has 0 aromatic heterocycles. The number of esters is 2. The molecule has 0 radical (unpaired) electrons. The normalized spacial score (nSPS) is 15.8. The Bertz CT molecular complexity index is 956. The summed E-state index contributed by atoms with van der Waals surface area (Å²) >= 11 is 0. The Balaban J connectivity index is 2.72. The second-order valence-electron chi connectivity index (χ2n) is 9.85. The summed E-state index contributed by atoms with van der Waals surface area (Å²) in [4.78, 5) is 23.4. The fraction of sp³-hybridized carbons (Fsp3) is 0.429. The maximum atomic E-state index is 11.9. The van der Waals surface area contributed by atoms with E-state index >= 15 is 0 Å². The monoisotopic (exact) mass is 498 g/mol. The van der Waals surface area contributed by atoms with Gasteiger partial charge in [-0.05, 0) is 29.3 Å². The van der Waals surface area contributed by atoms with Crippen LogP contribution < -0.4 is 10.4 Å². The van der Waals surface area contributed by atoms with E-state index in [0.29, 0.717) is 0 Å². The Morgan fingerprint density at radius 3 is 1.77 bits per heavy atom. The van der Waals surface area contributed by atoms with Crippen LogP contribution in [0, 0.1) is 0 Å². The van der Waals surface area contributed by atoms with Crippen molar-refractivity contribution in [2.45, 2.75) is 71.3 Å². The van der Waals surface area contributed by atoms with Gasteiger partial charge < -0.3 is 19.0 Å². The number of benzene rings is 2. The van der Waals surface area contributed by atoms with Crippen LogP contribution in [0.3, 0.4) is 0 Å². The van der Waals surface area contributed by atoms with Gasteiger partial charge in [-0.2, -0.15) is 0 Å². The lowest BCUT2D eigenvalue weighted by atomic mass is 9.92. The maximum absolute atomic E-state index is 11.9. The van der Waals surface area contributed by atoms with Gasteiger partial charge in [-0.3, -0.25) is 9.59 Å². The molecule has 0 spiro atoms. The SMILES string of the molecule is C/C=C/[C@H](O[Si](c1ccccc1)(c1ccccc1)C(C)(C)C)[C@@](C)(O)[C@@H](COC(C)=O)OC(C)=O. The largest absolute Gasteiger partial charge is 0.462 e. The molecule has 0 aliphatic heterocycles. The first-order valence-corrected chi connectivity index (χ1v) is 13.7. The van der Waals surface area contributed by atoms with E-state index < -0.39 is 38.1 Å². The summed E-state index contributed by atoms with van der Waals surface area (Å²) in [5, 5.41) is 13.6. The highest BCUT2D eigenvalue weighted by Crippen LogP contribution is 2.39. The van der Waals surface area contributed by atoms with Crippen molar-refractivity contribution in [1.82, 2.24) is 0 Å². The molecule has 0 aliphatic rings. The highest BCUT2D eigenvalue weighted by molar-refractivity contribution is 6.99. The number of aliphatic hydroxyl groups is 1. The molecule has 2 aromatic carbocycles. The number of carbonyl (C=O) groups is 2. The molecule has 3 atom stereocenters. The van der Waals surface area contributed by atoms with E-state index in [1.807, 2.05) is 43.3 Å². The summed E-state index contributed by atoms with van der Waals surface area (Å²) < 4.78 is 17.7. The summed E-state index contributed by atoms with van der Waals surface area (Å²) in [6.45, 7) is 12.0. The molecule has 0 heterocycles. The van der Waals surface area contributed by atoms with Crippen LogP contribution >= 0.6 is 0 Å². The molecule has 0 saturated carbocycles. The lowest BCUT2D eigenvalue weighted by Crippen LogP contribution is -2.70. The van der Waals surface area contributed by atoms with E-state index in [1.54, 1.807) is 19.1 Å². The van der Waals surface area contributed by atoms with Gasteiger partial charge in [0, 0.05) is 13.8 Å². The third kappa shape index (κ3) is 6.69. The average molecular weight is 499 g/mol. The third-order valence-corrected chi connectivity index (χ3v) is 11.1. The number of ether oxygens (including phenoxy) is 2. The van der Waals surface area contributed by atoms with Gasteiger partial charge in [-0.1, -0.05) is 93.6 Å². The molecule has 2 rings (SSSR count). The van der Waals surface area contributed by atoms with Gasteiger partial charge in [0.1, 0.15) is 12.2 Å². The van der Waals surface area contributed by atoms with E-state index in [2.05, 4.69) is 45.0 Å². The molecule has 35 heavy (non-hydrogen) atoms. The predicted octanol–water partition coefficient (Wildman–Crippen LogP) is 3.75. The highest BCUT2D eigenvalue weighted by atomic mass is 28.4. The summed E-state index contributed by atoms with van der Waals surface area (Å²) in [5.74, 6) is -1.12. The van der Waals surface area contributed by atoms with Crippen molar-refractivity contribution in [3.8, 4) is 0 Å². The van der Waals surface area contributed by atoms with Crippen LogP contribution in [-0.4, -0.2) is 49.8 Å². The van der Waals surface area contributed by atoms with Crippen molar-refractivity contribution in [2.75, 3.05) is 6.61 Å². The molecular weight excluding hydrogens is 460 g/mol. The van der Waals surface area contributed by atoms with E-state index in [1.165, 1.54) is 13.8 Å². The minimum absolute atomic E-state index is 0.292. The molecule has 7 heteroatoms. The van der Waals surface area contributed by atoms with Gasteiger partial charge in [0.05, 0.1) is 6.10 Å². The molecule has 0 aliphatic carbocycles. The fourth-order valence-corrected chi connectivity index (χ4v) is 9.02. The molecule has 0 amide bonds. The van der Waals surface area contributed by atoms with E-state index in [-0.39, 0.29) is 11.6 Å². The van der Waals surface area contributed by atoms with Crippen molar-refractivity contribution >= 4 is 30.6 Å². The number of rotatable bonds is 10. The van der Waals surface area contributed by atoms with Gasteiger partial charge in [0.25, 0.3) is 8.32 Å². The summed E-state index contributed by atoms with van der Waals surface area (Å²) in [7, 11) is -3.05. The molecule has 0 bridgehead atoms. The van der Waals surface area contributed by atoms with E-state index in [0.717, 1.165) is 10.4 Å². The van der Waals surface area contributed by atoms with Crippen LogP contribution in [0.25, 0.3) is 0 Å². The van der Waals surface area contributed by atoms with Crippen molar-refractivity contribution in [3.05, 3.63) is 72.8 Å². The van der Waals surface area contributed by atoms with Crippen molar-refractivity contribution < 1.29 is 28.6 Å². The van der Waals surface area contributed by atoms with Gasteiger partial charge in [0.2, 0.25) is 0 Å². The third-order valence-electron chi connectivity index (χ3n) is 6.06. The fourth-order valence-electron chi connectivity index (χ4n) is 4.31. The molecule has 6 nitrogen and oxygen atoms in total. The smallest absolute Gasteiger partial charge is 0.303 e. The summed E-state index contributed by atoms with van der Waals surface area (Å²) in [5.41, 5.74) is -1.71. The minimum Gasteiger partial charge on any atom is -0.462 e. The van der Waals surface area contributed by atoms with Gasteiger partial charge >= 0.3 is 11.9 Å². The van der Waals surface area contributed by atoms with E-state index in [9.17, 15) is 14.7 Å². The zero-order valence-corrected chi connectivity index (χ0v) is 22.8. The maximum Gasteiger partial charge on any atom is 0.303 e. The standard InChI is InChI=1S/C28H38O6Si/c1-8-15-25(28(7,31)26(33-22(3)30)20-32-21(2)29)34-35(27(4,5)6,23-16-11-9-12-17-23)24-18-13-10-14-19-24/h8-19,25-26,31H,20H2,1-7H3/b15-8+/t25-,26+,28+/m0/s1. The zero-order chi connectivity index (χ0) is 26.3. The topological polar surface area (TPSA) is 82.1 Å². The van der Waals surface area contributed by atoms with Crippen LogP contribution in [0.5, 0.6) is 0 Å². The molecule has 1 N–H and O–H groups in total. The van der Waals surface area contributed by atoms with Crippen LogP contribution in [0.4, 0.5) is 0 Å². The quantitative estimate of drug-likeness (QED) is 0.305. The molecule has 2 aromatic rings. The Morgan fingerprint density at radius 1 is 0.914 bits per heavy atom. The predicted molar refractivity (Wildman–Crippen MR) is 140 cm³/mol. The Morgan fingerprint density at radius 2 is 1.40 bits per heavy atom. The van der Waals surface area contributed by atoms with Crippen molar-refractivity contribution in [3.63, 3.8) is 0 Å². The lowest BCUT2D eigenvalue weighted by Gasteiger charge is -2.48. The highest BCUT2D eigenvalue weighted by Gasteiger charge is 2.54. The van der Waals surface area contributed by atoms with Crippen LogP contribution in [0.2, 0.25) is 5.04 Å². The molecule has 190 valence electrons. The van der Waals surface area contributed by atoms with Crippen molar-refractivity contribution in [2.24, 2.45) is 0 Å². The molecule has 0 saturated heterocycles. The number of hydrogen-bond acceptors (Lipinski definition) is 6. The second kappa shape index (κ2) is 11.8. The average Bonchev–Trinajstić information content (AvgIpc) is 2.79. The Kier molecular flexibility index (Phi) is 9.60. The number of allylic oxidation sites excluding steroid dienone is 1. The number of hydrogen-bond donors (Lipinski definition) is 1. The number of carbonyl (C=O) groups excluding carboxylic acids is 2. The first-order chi connectivity index (χ1) is 16.4. The first-order valence-electron chi connectivity index (χ1n) is 11.8. The minimum atomic E-state index is -3.05. The van der Waals surface area contributed by atoms with E-state index in [4.69, 9.17) is 13.9 Å². The Hall–Kier alpha value is -2.74. The second-order valence-corrected chi connectivity index (χ2v) is 14.1. The van der Waals surface area contributed by atoms with Crippen LogP contribution in [-0.2, 0) is 23.5 Å². The van der Waals surface area contributed by atoms with Gasteiger partial charge in [-0.25, -0.2) is 0 Å². The Labute approximate surface area is 210 Å². The van der Waals surface area contributed by atoms with Gasteiger partial charge in [0.15, 0.2) is 6.10 Å². The summed E-state index contributed by atoms with van der Waals surface area (Å²) in [6, 6.07) is 20.1. The lowest BCUT2D eigenvalue weighted by molar-refractivity contribution is -0.183.